The molecule has 2 unspecified atom stereocenters. The molecule has 3 saturated heterocycles. The molecule has 0 aromatic heterocycles. The summed E-state index contributed by atoms with van der Waals surface area (Å²) in [6, 6.07) is 8.22. The van der Waals surface area contributed by atoms with Gasteiger partial charge in [0.1, 0.15) is 5.75 Å². The molecule has 0 amide bonds. The van der Waals surface area contributed by atoms with E-state index in [0.717, 1.165) is 23.8 Å². The topological polar surface area (TPSA) is 44.7 Å². The summed E-state index contributed by atoms with van der Waals surface area (Å²) < 4.78 is 5.20. The van der Waals surface area contributed by atoms with Crippen molar-refractivity contribution in [2.24, 2.45) is 5.92 Å². The van der Waals surface area contributed by atoms with Crippen LogP contribution in [0.2, 0.25) is 0 Å². The van der Waals surface area contributed by atoms with Gasteiger partial charge in [0.25, 0.3) is 0 Å². The normalized spacial score (nSPS) is 30.2. The number of ether oxygens (including phenoxy) is 1. The quantitative estimate of drug-likeness (QED) is 0.853. The van der Waals surface area contributed by atoms with E-state index in [4.69, 9.17) is 4.74 Å². The van der Waals surface area contributed by atoms with Gasteiger partial charge in [-0.2, -0.15) is 0 Å². The third-order valence-electron chi connectivity index (χ3n) is 4.71. The van der Waals surface area contributed by atoms with Gasteiger partial charge in [-0.3, -0.25) is 0 Å². The summed E-state index contributed by atoms with van der Waals surface area (Å²) in [5.74, 6) is 1.59. The van der Waals surface area contributed by atoms with E-state index in [2.05, 4.69) is 10.2 Å². The second-order valence-electron chi connectivity index (χ2n) is 5.95. The number of piperidine rings is 3. The van der Waals surface area contributed by atoms with Crippen molar-refractivity contribution in [2.45, 2.75) is 25.0 Å². The fourth-order valence-electron chi connectivity index (χ4n) is 3.43. The van der Waals surface area contributed by atoms with Crippen LogP contribution >= 0.6 is 0 Å². The Morgan fingerprint density at radius 3 is 2.85 bits per heavy atom. The first kappa shape index (κ1) is 13.9. The molecule has 3 aliphatic rings. The van der Waals surface area contributed by atoms with E-state index in [1.807, 2.05) is 24.3 Å². The van der Waals surface area contributed by atoms with Crippen LogP contribution in [0.4, 0.5) is 0 Å². The van der Waals surface area contributed by atoms with E-state index < -0.39 is 6.10 Å². The molecule has 3 heterocycles. The van der Waals surface area contributed by atoms with Crippen molar-refractivity contribution in [3.8, 4) is 5.75 Å². The Hall–Kier alpha value is -1.10. The fourth-order valence-corrected chi connectivity index (χ4v) is 3.43. The molecule has 0 saturated carbocycles. The first-order valence-electron chi connectivity index (χ1n) is 7.54. The minimum atomic E-state index is -0.472. The second-order valence-corrected chi connectivity index (χ2v) is 5.95. The van der Waals surface area contributed by atoms with Crippen LogP contribution in [0, 0.1) is 5.92 Å². The molecule has 2 atom stereocenters. The lowest BCUT2D eigenvalue weighted by atomic mass is 9.84. The molecule has 2 bridgehead atoms. The molecule has 110 valence electrons. The van der Waals surface area contributed by atoms with Gasteiger partial charge in [-0.1, -0.05) is 12.1 Å². The van der Waals surface area contributed by atoms with Crippen LogP contribution in [-0.2, 0) is 0 Å². The van der Waals surface area contributed by atoms with Crippen molar-refractivity contribution < 1.29 is 9.84 Å². The Balaban J connectivity index is 1.55. The molecule has 2 N–H and O–H groups in total. The third kappa shape index (κ3) is 2.97. The van der Waals surface area contributed by atoms with Crippen LogP contribution < -0.4 is 10.1 Å². The molecular weight excluding hydrogens is 252 g/mol. The van der Waals surface area contributed by atoms with Crippen molar-refractivity contribution >= 4 is 0 Å². The molecular formula is C16H24N2O2. The maximum Gasteiger partial charge on any atom is 0.119 e. The predicted octanol–water partition coefficient (Wildman–Crippen LogP) is 1.41. The number of methoxy groups -OCH3 is 1. The lowest BCUT2D eigenvalue weighted by Gasteiger charge is -2.45. The minimum absolute atomic E-state index is 0.472. The summed E-state index contributed by atoms with van der Waals surface area (Å²) in [5.41, 5.74) is 0.915. The van der Waals surface area contributed by atoms with E-state index in [1.54, 1.807) is 7.11 Å². The third-order valence-corrected chi connectivity index (χ3v) is 4.71. The molecule has 4 heteroatoms. The molecule has 1 aromatic rings. The minimum Gasteiger partial charge on any atom is -0.497 e. The van der Waals surface area contributed by atoms with Gasteiger partial charge in [0.05, 0.1) is 13.2 Å². The van der Waals surface area contributed by atoms with E-state index in [0.29, 0.717) is 12.6 Å². The van der Waals surface area contributed by atoms with E-state index in [-0.39, 0.29) is 0 Å². The average molecular weight is 276 g/mol. The number of aliphatic hydroxyl groups is 1. The lowest BCUT2D eigenvalue weighted by Crippen LogP contribution is -2.56. The summed E-state index contributed by atoms with van der Waals surface area (Å²) in [7, 11) is 1.65. The zero-order valence-electron chi connectivity index (χ0n) is 12.1. The Labute approximate surface area is 120 Å². The van der Waals surface area contributed by atoms with Crippen LogP contribution in [-0.4, -0.2) is 49.3 Å². The average Bonchev–Trinajstić information content (AvgIpc) is 2.54. The maximum atomic E-state index is 10.3. The van der Waals surface area contributed by atoms with Crippen molar-refractivity contribution in [3.05, 3.63) is 29.8 Å². The number of benzene rings is 1. The highest BCUT2D eigenvalue weighted by atomic mass is 16.5. The van der Waals surface area contributed by atoms with Crippen molar-refractivity contribution in [1.82, 2.24) is 10.2 Å². The molecule has 4 nitrogen and oxygen atoms in total. The maximum absolute atomic E-state index is 10.3. The molecule has 4 rings (SSSR count). The van der Waals surface area contributed by atoms with Gasteiger partial charge in [0, 0.05) is 19.1 Å². The number of rotatable bonds is 5. The number of aliphatic hydroxyl groups excluding tert-OH is 1. The van der Waals surface area contributed by atoms with Gasteiger partial charge in [-0.25, -0.2) is 0 Å². The highest BCUT2D eigenvalue weighted by Gasteiger charge is 2.33. The first-order valence-corrected chi connectivity index (χ1v) is 7.54. The van der Waals surface area contributed by atoms with Gasteiger partial charge < -0.3 is 20.1 Å². The molecule has 0 spiro atoms. The van der Waals surface area contributed by atoms with Crippen LogP contribution in [0.3, 0.4) is 0 Å². The summed E-state index contributed by atoms with van der Waals surface area (Å²) in [6.07, 6.45) is 2.13. The van der Waals surface area contributed by atoms with E-state index in [9.17, 15) is 5.11 Å². The molecule has 0 aliphatic carbocycles. The fraction of sp³-hybridized carbons (Fsp3) is 0.625. The Morgan fingerprint density at radius 1 is 1.40 bits per heavy atom. The molecule has 3 aliphatic heterocycles. The summed E-state index contributed by atoms with van der Waals surface area (Å²) in [5, 5.41) is 13.9. The smallest absolute Gasteiger partial charge is 0.119 e. The standard InChI is InChI=1S/C16H24N2O2/c1-20-14-4-2-3-13(9-14)16(19)10-17-15-11-18-7-5-12(15)6-8-18/h2-4,9,12,15-17,19H,5-8,10-11H2,1H3. The highest BCUT2D eigenvalue weighted by molar-refractivity contribution is 5.29. The molecule has 3 fully saturated rings. The van der Waals surface area contributed by atoms with Crippen molar-refractivity contribution in [2.75, 3.05) is 33.3 Å². The van der Waals surface area contributed by atoms with Crippen molar-refractivity contribution in [1.29, 1.82) is 0 Å². The van der Waals surface area contributed by atoms with Gasteiger partial charge in [-0.05, 0) is 49.5 Å². The van der Waals surface area contributed by atoms with Gasteiger partial charge in [0.2, 0.25) is 0 Å². The predicted molar refractivity (Wildman–Crippen MR) is 78.9 cm³/mol. The van der Waals surface area contributed by atoms with Crippen LogP contribution in [0.5, 0.6) is 5.75 Å². The van der Waals surface area contributed by atoms with E-state index in [1.165, 1.54) is 25.9 Å². The van der Waals surface area contributed by atoms with E-state index >= 15 is 0 Å². The second kappa shape index (κ2) is 6.12. The Bertz CT molecular complexity index is 444. The zero-order valence-corrected chi connectivity index (χ0v) is 12.1. The number of hydrogen-bond acceptors (Lipinski definition) is 4. The lowest BCUT2D eigenvalue weighted by molar-refractivity contribution is 0.0635. The van der Waals surface area contributed by atoms with Gasteiger partial charge in [0.15, 0.2) is 0 Å². The van der Waals surface area contributed by atoms with Gasteiger partial charge >= 0.3 is 0 Å². The Morgan fingerprint density at radius 2 is 2.20 bits per heavy atom. The van der Waals surface area contributed by atoms with Crippen molar-refractivity contribution in [3.63, 3.8) is 0 Å². The SMILES string of the molecule is COc1cccc(C(O)CNC2CN3CCC2CC3)c1. The van der Waals surface area contributed by atoms with Crippen LogP contribution in [0.25, 0.3) is 0 Å². The monoisotopic (exact) mass is 276 g/mol. The summed E-state index contributed by atoms with van der Waals surface area (Å²) >= 11 is 0. The zero-order chi connectivity index (χ0) is 13.9. The number of nitrogens with one attached hydrogen (secondary N) is 1. The van der Waals surface area contributed by atoms with Crippen LogP contribution in [0.1, 0.15) is 24.5 Å². The molecule has 1 aromatic carbocycles. The highest BCUT2D eigenvalue weighted by Crippen LogP contribution is 2.28. The summed E-state index contributed by atoms with van der Waals surface area (Å²) in [4.78, 5) is 2.52. The number of fused-ring (bicyclic) bond motifs is 3. The number of hydrogen-bond donors (Lipinski definition) is 2. The molecule has 0 radical (unpaired) electrons. The molecule has 20 heavy (non-hydrogen) atoms. The van der Waals surface area contributed by atoms with Gasteiger partial charge in [-0.15, -0.1) is 0 Å². The Kier molecular flexibility index (Phi) is 4.24. The first-order chi connectivity index (χ1) is 9.76. The summed E-state index contributed by atoms with van der Waals surface area (Å²) in [6.45, 7) is 4.25. The largest absolute Gasteiger partial charge is 0.497 e. The van der Waals surface area contributed by atoms with Crippen LogP contribution in [0.15, 0.2) is 24.3 Å². The number of nitrogens with zero attached hydrogens (tertiary/aromatic N) is 1.